The lowest BCUT2D eigenvalue weighted by Gasteiger charge is -2.26. The van der Waals surface area contributed by atoms with Gasteiger partial charge in [0.05, 0.1) is 30.7 Å². The first-order valence-electron chi connectivity index (χ1n) is 8.31. The zero-order chi connectivity index (χ0) is 15.5. The van der Waals surface area contributed by atoms with Gasteiger partial charge in [0.25, 0.3) is 0 Å². The maximum Gasteiger partial charge on any atom is 0.100 e. The minimum atomic E-state index is 0.286. The number of hydrogen-bond acceptors (Lipinski definition) is 5. The molecule has 1 fully saturated rings. The summed E-state index contributed by atoms with van der Waals surface area (Å²) < 4.78 is 13.2. The van der Waals surface area contributed by atoms with E-state index in [4.69, 9.17) is 9.47 Å². The Bertz CT molecular complexity index is 637. The van der Waals surface area contributed by atoms with E-state index in [-0.39, 0.29) is 6.10 Å². The summed E-state index contributed by atoms with van der Waals surface area (Å²) in [7, 11) is 0. The standard InChI is InChI=1S/C17H22N4O2/c1-2-4-14(5-3-1)21-17-6-8-20(12-16(17)18-19-21)9-11-23-15-7-10-22-13-15/h1-5,15H,6-13H2. The van der Waals surface area contributed by atoms with E-state index < -0.39 is 0 Å². The fourth-order valence-corrected chi connectivity index (χ4v) is 3.22. The van der Waals surface area contributed by atoms with Crippen molar-refractivity contribution in [2.24, 2.45) is 0 Å². The van der Waals surface area contributed by atoms with Gasteiger partial charge in [0, 0.05) is 32.7 Å². The molecular formula is C17H22N4O2. The molecule has 0 spiro atoms. The highest BCUT2D eigenvalue weighted by atomic mass is 16.5. The number of ether oxygens (including phenoxy) is 2. The number of para-hydroxylation sites is 1. The summed E-state index contributed by atoms with van der Waals surface area (Å²) in [6, 6.07) is 10.2. The molecule has 0 amide bonds. The molecule has 0 bridgehead atoms. The Kier molecular flexibility index (Phi) is 4.37. The molecule has 3 heterocycles. The summed E-state index contributed by atoms with van der Waals surface area (Å²) in [6.07, 6.45) is 2.29. The second-order valence-electron chi connectivity index (χ2n) is 6.11. The van der Waals surface area contributed by atoms with Crippen molar-refractivity contribution in [3.8, 4) is 5.69 Å². The maximum absolute atomic E-state index is 5.86. The molecular weight excluding hydrogens is 292 g/mol. The van der Waals surface area contributed by atoms with Crippen LogP contribution >= 0.6 is 0 Å². The molecule has 0 radical (unpaired) electrons. The summed E-state index contributed by atoms with van der Waals surface area (Å²) in [5.74, 6) is 0. The first-order valence-corrected chi connectivity index (χ1v) is 8.31. The van der Waals surface area contributed by atoms with Crippen LogP contribution in [0.4, 0.5) is 0 Å². The van der Waals surface area contributed by atoms with Crippen molar-refractivity contribution >= 4 is 0 Å². The SMILES string of the molecule is c1ccc(-n2nnc3c2CCN(CCOC2CCOC2)C3)cc1. The number of fused-ring (bicyclic) bond motifs is 1. The highest BCUT2D eigenvalue weighted by molar-refractivity contribution is 5.33. The summed E-state index contributed by atoms with van der Waals surface area (Å²) in [4.78, 5) is 2.39. The molecule has 0 saturated carbocycles. The minimum Gasteiger partial charge on any atom is -0.379 e. The van der Waals surface area contributed by atoms with Crippen LogP contribution in [0.1, 0.15) is 17.8 Å². The molecule has 1 atom stereocenters. The van der Waals surface area contributed by atoms with Crippen LogP contribution in [0.2, 0.25) is 0 Å². The quantitative estimate of drug-likeness (QED) is 0.836. The first-order chi connectivity index (χ1) is 11.4. The van der Waals surface area contributed by atoms with Gasteiger partial charge in [0.1, 0.15) is 5.69 Å². The average Bonchev–Trinajstić information content (AvgIpc) is 3.25. The number of aromatic nitrogens is 3. The topological polar surface area (TPSA) is 52.4 Å². The Morgan fingerprint density at radius 1 is 1.26 bits per heavy atom. The van der Waals surface area contributed by atoms with Crippen molar-refractivity contribution in [1.29, 1.82) is 0 Å². The number of nitrogens with zero attached hydrogens (tertiary/aromatic N) is 4. The summed E-state index contributed by atoms with van der Waals surface area (Å²) >= 11 is 0. The number of rotatable bonds is 5. The van der Waals surface area contributed by atoms with E-state index in [0.717, 1.165) is 63.7 Å². The van der Waals surface area contributed by atoms with Gasteiger partial charge in [0.15, 0.2) is 0 Å². The minimum absolute atomic E-state index is 0.286. The fraction of sp³-hybridized carbons (Fsp3) is 0.529. The van der Waals surface area contributed by atoms with Gasteiger partial charge in [-0.15, -0.1) is 5.10 Å². The van der Waals surface area contributed by atoms with Gasteiger partial charge in [-0.3, -0.25) is 4.90 Å². The predicted octanol–water partition coefficient (Wildman–Crippen LogP) is 1.43. The molecule has 1 aromatic heterocycles. The van der Waals surface area contributed by atoms with E-state index >= 15 is 0 Å². The number of hydrogen-bond donors (Lipinski definition) is 0. The largest absolute Gasteiger partial charge is 0.379 e. The predicted molar refractivity (Wildman–Crippen MR) is 85.5 cm³/mol. The van der Waals surface area contributed by atoms with Crippen LogP contribution in [0.15, 0.2) is 30.3 Å². The van der Waals surface area contributed by atoms with Gasteiger partial charge in [-0.1, -0.05) is 23.4 Å². The molecule has 6 nitrogen and oxygen atoms in total. The molecule has 0 N–H and O–H groups in total. The summed E-state index contributed by atoms with van der Waals surface area (Å²) in [5, 5.41) is 8.72. The van der Waals surface area contributed by atoms with Crippen molar-refractivity contribution in [3.05, 3.63) is 41.7 Å². The van der Waals surface area contributed by atoms with E-state index in [0.29, 0.717) is 0 Å². The van der Waals surface area contributed by atoms with Crippen LogP contribution < -0.4 is 0 Å². The van der Waals surface area contributed by atoms with Gasteiger partial charge in [0.2, 0.25) is 0 Å². The normalized spacial score (nSPS) is 21.5. The Morgan fingerprint density at radius 3 is 3.00 bits per heavy atom. The second kappa shape index (κ2) is 6.78. The lowest BCUT2D eigenvalue weighted by molar-refractivity contribution is 0.0277. The third-order valence-corrected chi connectivity index (χ3v) is 4.53. The van der Waals surface area contributed by atoms with Crippen LogP contribution in [-0.4, -0.2) is 58.9 Å². The Hall–Kier alpha value is -1.76. The second-order valence-corrected chi connectivity index (χ2v) is 6.11. The highest BCUT2D eigenvalue weighted by Gasteiger charge is 2.23. The molecule has 4 rings (SSSR count). The molecule has 1 unspecified atom stereocenters. The molecule has 23 heavy (non-hydrogen) atoms. The third kappa shape index (κ3) is 3.29. The average molecular weight is 314 g/mol. The van der Waals surface area contributed by atoms with E-state index in [1.807, 2.05) is 22.9 Å². The van der Waals surface area contributed by atoms with Crippen LogP contribution in [0.3, 0.4) is 0 Å². The summed E-state index contributed by atoms with van der Waals surface area (Å²) in [5.41, 5.74) is 3.40. The lowest BCUT2D eigenvalue weighted by Crippen LogP contribution is -2.34. The van der Waals surface area contributed by atoms with Gasteiger partial charge in [-0.05, 0) is 18.6 Å². The van der Waals surface area contributed by atoms with Gasteiger partial charge in [-0.2, -0.15) is 0 Å². The van der Waals surface area contributed by atoms with Crippen molar-refractivity contribution in [2.75, 3.05) is 32.9 Å². The summed E-state index contributed by atoms with van der Waals surface area (Å²) in [6.45, 7) is 5.16. The van der Waals surface area contributed by atoms with Crippen molar-refractivity contribution in [1.82, 2.24) is 19.9 Å². The van der Waals surface area contributed by atoms with Gasteiger partial charge < -0.3 is 9.47 Å². The van der Waals surface area contributed by atoms with E-state index in [2.05, 4.69) is 27.3 Å². The molecule has 2 aliphatic rings. The maximum atomic E-state index is 5.86. The van der Waals surface area contributed by atoms with E-state index in [1.165, 1.54) is 5.69 Å². The van der Waals surface area contributed by atoms with Crippen LogP contribution in [0.25, 0.3) is 5.69 Å². The zero-order valence-corrected chi connectivity index (χ0v) is 13.2. The van der Waals surface area contributed by atoms with Gasteiger partial charge >= 0.3 is 0 Å². The number of benzene rings is 1. The zero-order valence-electron chi connectivity index (χ0n) is 13.2. The monoisotopic (exact) mass is 314 g/mol. The molecule has 122 valence electrons. The molecule has 1 aromatic carbocycles. The highest BCUT2D eigenvalue weighted by Crippen LogP contribution is 2.19. The van der Waals surface area contributed by atoms with Crippen LogP contribution in [0.5, 0.6) is 0 Å². The first kappa shape index (κ1) is 14.8. The fourth-order valence-electron chi connectivity index (χ4n) is 3.22. The molecule has 6 heteroatoms. The van der Waals surface area contributed by atoms with Crippen LogP contribution in [-0.2, 0) is 22.4 Å². The van der Waals surface area contributed by atoms with Crippen molar-refractivity contribution in [2.45, 2.75) is 25.5 Å². The molecule has 0 aliphatic carbocycles. The third-order valence-electron chi connectivity index (χ3n) is 4.53. The Morgan fingerprint density at radius 2 is 2.17 bits per heavy atom. The van der Waals surface area contributed by atoms with Crippen molar-refractivity contribution < 1.29 is 9.47 Å². The van der Waals surface area contributed by atoms with E-state index in [1.54, 1.807) is 0 Å². The molecule has 2 aliphatic heterocycles. The molecule has 2 aromatic rings. The Labute approximate surface area is 136 Å². The van der Waals surface area contributed by atoms with Crippen molar-refractivity contribution in [3.63, 3.8) is 0 Å². The Balaban J connectivity index is 1.35. The van der Waals surface area contributed by atoms with Gasteiger partial charge in [-0.25, -0.2) is 4.68 Å². The molecule has 1 saturated heterocycles. The smallest absolute Gasteiger partial charge is 0.100 e. The van der Waals surface area contributed by atoms with E-state index in [9.17, 15) is 0 Å². The lowest BCUT2D eigenvalue weighted by atomic mass is 10.1. The van der Waals surface area contributed by atoms with Crippen LogP contribution in [0, 0.1) is 0 Å².